The highest BCUT2D eigenvalue weighted by Gasteiger charge is 2.54. The summed E-state index contributed by atoms with van der Waals surface area (Å²) in [6.07, 6.45) is -0.0264. The second-order valence-corrected chi connectivity index (χ2v) is 16.8. The van der Waals surface area contributed by atoms with Gasteiger partial charge in [-0.1, -0.05) is 194 Å². The number of hydrogen-bond donors (Lipinski definition) is 1. The van der Waals surface area contributed by atoms with Crippen LogP contribution in [0.4, 0.5) is 17.1 Å². The molecule has 300 valence electrons. The third-order valence-electron chi connectivity index (χ3n) is 13.3. The number of nitrogens with one attached hydrogen (secondary N) is 1. The molecule has 0 saturated carbocycles. The van der Waals surface area contributed by atoms with Crippen LogP contribution in [0.1, 0.15) is 34.0 Å². The normalized spacial score (nSPS) is 16.1. The Kier molecular flexibility index (Phi) is 8.12. The van der Waals surface area contributed by atoms with Crippen LogP contribution in [-0.2, 0) is 5.41 Å². The molecule has 2 aliphatic heterocycles. The number of fused-ring (bicyclic) bond motifs is 9. The zero-order valence-corrected chi connectivity index (χ0v) is 34.7. The first-order valence-corrected chi connectivity index (χ1v) is 21.9. The van der Waals surface area contributed by atoms with Gasteiger partial charge in [0.2, 0.25) is 0 Å². The number of anilines is 3. The summed E-state index contributed by atoms with van der Waals surface area (Å²) in [5.74, 6) is 1.93. The summed E-state index contributed by atoms with van der Waals surface area (Å²) in [6.45, 7) is 0. The Morgan fingerprint density at radius 1 is 0.359 bits per heavy atom. The second-order valence-electron chi connectivity index (χ2n) is 16.8. The van der Waals surface area contributed by atoms with Crippen LogP contribution in [0, 0.1) is 0 Å². The van der Waals surface area contributed by atoms with Crippen molar-refractivity contribution in [2.45, 2.75) is 11.6 Å². The highest BCUT2D eigenvalue weighted by atomic mass is 15.3. The molecule has 3 heterocycles. The molecule has 0 bridgehead atoms. The molecule has 3 aliphatic rings. The SMILES string of the molecule is c1ccc(-c2nc(-c3ccccc3)nc(-c3cccc(-c4cccc(-c5ccc6c(c5)C5(c7ccccc7-6)c6ccccc6N6c7c(cccc75)NC6c5ccccc5)c4)c3)n2)cc1. The van der Waals surface area contributed by atoms with Crippen LogP contribution in [0.5, 0.6) is 0 Å². The Morgan fingerprint density at radius 2 is 0.844 bits per heavy atom. The molecule has 0 fully saturated rings. The molecule has 0 saturated heterocycles. The Labute approximate surface area is 372 Å². The molecule has 0 amide bonds. The monoisotopic (exact) mass is 817 g/mol. The van der Waals surface area contributed by atoms with Gasteiger partial charge in [0, 0.05) is 22.4 Å². The maximum Gasteiger partial charge on any atom is 0.164 e. The summed E-state index contributed by atoms with van der Waals surface area (Å²) in [7, 11) is 0. The van der Waals surface area contributed by atoms with Crippen molar-refractivity contribution in [3.63, 3.8) is 0 Å². The van der Waals surface area contributed by atoms with Gasteiger partial charge in [0.1, 0.15) is 6.17 Å². The maximum absolute atomic E-state index is 5.03. The minimum absolute atomic E-state index is 0.0264. The van der Waals surface area contributed by atoms with Gasteiger partial charge in [0.05, 0.1) is 16.8 Å². The summed E-state index contributed by atoms with van der Waals surface area (Å²) >= 11 is 0. The maximum atomic E-state index is 5.03. The van der Waals surface area contributed by atoms with Crippen LogP contribution in [0.2, 0.25) is 0 Å². The van der Waals surface area contributed by atoms with E-state index in [4.69, 9.17) is 15.0 Å². The molecule has 10 aromatic rings. The van der Waals surface area contributed by atoms with E-state index in [1.807, 2.05) is 60.7 Å². The van der Waals surface area contributed by atoms with E-state index in [0.29, 0.717) is 17.5 Å². The molecule has 1 spiro atoms. The van der Waals surface area contributed by atoms with Gasteiger partial charge in [-0.25, -0.2) is 15.0 Å². The van der Waals surface area contributed by atoms with Crippen molar-refractivity contribution in [1.29, 1.82) is 0 Å². The van der Waals surface area contributed by atoms with E-state index in [-0.39, 0.29) is 6.17 Å². The fraction of sp³-hybridized carbons (Fsp3) is 0.0339. The van der Waals surface area contributed by atoms with E-state index in [9.17, 15) is 0 Å². The Balaban J connectivity index is 0.939. The zero-order chi connectivity index (χ0) is 42.2. The van der Waals surface area contributed by atoms with Gasteiger partial charge in [-0.2, -0.15) is 0 Å². The Bertz CT molecular complexity index is 3380. The van der Waals surface area contributed by atoms with E-state index in [1.165, 1.54) is 55.9 Å². The van der Waals surface area contributed by atoms with Gasteiger partial charge in [-0.05, 0) is 91.5 Å². The third-order valence-corrected chi connectivity index (χ3v) is 13.3. The van der Waals surface area contributed by atoms with E-state index >= 15 is 0 Å². The Hall–Kier alpha value is -8.41. The van der Waals surface area contributed by atoms with Gasteiger partial charge < -0.3 is 10.2 Å². The quantitative estimate of drug-likeness (QED) is 0.181. The average molecular weight is 818 g/mol. The van der Waals surface area contributed by atoms with Crippen LogP contribution in [-0.4, -0.2) is 15.0 Å². The molecule has 2 atom stereocenters. The molecule has 0 radical (unpaired) electrons. The minimum atomic E-state index is -0.526. The Morgan fingerprint density at radius 3 is 1.53 bits per heavy atom. The number of nitrogens with zero attached hydrogens (tertiary/aromatic N) is 4. The van der Waals surface area contributed by atoms with Crippen molar-refractivity contribution in [3.8, 4) is 67.5 Å². The lowest BCUT2D eigenvalue weighted by Gasteiger charge is -2.44. The van der Waals surface area contributed by atoms with Crippen LogP contribution < -0.4 is 10.2 Å². The number of rotatable bonds is 6. The lowest BCUT2D eigenvalue weighted by Crippen LogP contribution is -2.37. The first-order valence-electron chi connectivity index (χ1n) is 21.9. The smallest absolute Gasteiger partial charge is 0.164 e. The van der Waals surface area contributed by atoms with E-state index in [2.05, 4.69) is 174 Å². The lowest BCUT2D eigenvalue weighted by atomic mass is 9.64. The summed E-state index contributed by atoms with van der Waals surface area (Å²) in [4.78, 5) is 17.5. The summed E-state index contributed by atoms with van der Waals surface area (Å²) in [5.41, 5.74) is 19.5. The number of aromatic nitrogens is 3. The second kappa shape index (κ2) is 14.3. The molecule has 1 aromatic heterocycles. The summed E-state index contributed by atoms with van der Waals surface area (Å²) in [6, 6.07) is 80.6. The number of para-hydroxylation sites is 2. The fourth-order valence-corrected chi connectivity index (χ4v) is 10.5. The summed E-state index contributed by atoms with van der Waals surface area (Å²) < 4.78 is 0. The van der Waals surface area contributed by atoms with Crippen LogP contribution in [0.25, 0.3) is 67.5 Å². The van der Waals surface area contributed by atoms with Crippen LogP contribution in [0.3, 0.4) is 0 Å². The molecule has 13 rings (SSSR count). The van der Waals surface area contributed by atoms with Crippen molar-refractivity contribution in [2.75, 3.05) is 10.2 Å². The van der Waals surface area contributed by atoms with Crippen molar-refractivity contribution in [2.24, 2.45) is 0 Å². The fourth-order valence-electron chi connectivity index (χ4n) is 10.5. The number of hydrogen-bond acceptors (Lipinski definition) is 5. The largest absolute Gasteiger partial charge is 0.359 e. The predicted octanol–water partition coefficient (Wildman–Crippen LogP) is 14.1. The van der Waals surface area contributed by atoms with Crippen molar-refractivity contribution in [3.05, 3.63) is 252 Å². The average Bonchev–Trinajstić information content (AvgIpc) is 3.91. The van der Waals surface area contributed by atoms with Gasteiger partial charge >= 0.3 is 0 Å². The van der Waals surface area contributed by atoms with E-state index in [0.717, 1.165) is 39.1 Å². The molecule has 5 nitrogen and oxygen atoms in total. The minimum Gasteiger partial charge on any atom is -0.359 e. The predicted molar refractivity (Wildman–Crippen MR) is 259 cm³/mol. The van der Waals surface area contributed by atoms with E-state index < -0.39 is 5.41 Å². The first kappa shape index (κ1) is 36.3. The third kappa shape index (κ3) is 5.47. The van der Waals surface area contributed by atoms with Gasteiger partial charge in [0.15, 0.2) is 17.5 Å². The summed E-state index contributed by atoms with van der Waals surface area (Å²) in [5, 5.41) is 3.94. The topological polar surface area (TPSA) is 53.9 Å². The molecule has 1 aliphatic carbocycles. The van der Waals surface area contributed by atoms with Crippen molar-refractivity contribution < 1.29 is 0 Å². The molecular formula is C59H39N5. The van der Waals surface area contributed by atoms with E-state index in [1.54, 1.807) is 0 Å². The molecule has 5 heteroatoms. The standard InChI is InChI=1S/C59H39N5/c1-4-17-38(18-5-1)55-61-56(39-19-6-2-7-20-39)63-57(62-55)45-26-15-25-43(36-45)41-23-14-24-42(35-41)44-33-34-47-46-27-10-11-28-48(46)59(51(47)37-44)49-29-12-13-32-53(49)64-54-50(59)30-16-31-52(54)60-58(64)40-21-8-3-9-22-40/h1-37,58,60H. The first-order chi connectivity index (χ1) is 31.7. The molecule has 64 heavy (non-hydrogen) atoms. The van der Waals surface area contributed by atoms with Gasteiger partial charge in [-0.15, -0.1) is 0 Å². The lowest BCUT2D eigenvalue weighted by molar-refractivity contribution is 0.720. The highest BCUT2D eigenvalue weighted by Crippen LogP contribution is 2.66. The van der Waals surface area contributed by atoms with Crippen molar-refractivity contribution >= 4 is 17.1 Å². The molecule has 9 aromatic carbocycles. The van der Waals surface area contributed by atoms with Crippen LogP contribution >= 0.6 is 0 Å². The van der Waals surface area contributed by atoms with Crippen molar-refractivity contribution in [1.82, 2.24) is 15.0 Å². The molecular weight excluding hydrogens is 779 g/mol. The van der Waals surface area contributed by atoms with Crippen LogP contribution in [0.15, 0.2) is 224 Å². The zero-order valence-electron chi connectivity index (χ0n) is 34.7. The van der Waals surface area contributed by atoms with Gasteiger partial charge in [0.25, 0.3) is 0 Å². The molecule has 2 unspecified atom stereocenters. The number of benzene rings is 9. The molecule has 1 N–H and O–H groups in total. The highest BCUT2D eigenvalue weighted by molar-refractivity contribution is 5.99. The van der Waals surface area contributed by atoms with Gasteiger partial charge in [-0.3, -0.25) is 0 Å².